The summed E-state index contributed by atoms with van der Waals surface area (Å²) in [6.45, 7) is 5.55. The van der Waals surface area contributed by atoms with E-state index in [9.17, 15) is 10.1 Å². The molecule has 0 radical (unpaired) electrons. The molecule has 0 aliphatic rings. The van der Waals surface area contributed by atoms with E-state index < -0.39 is 0 Å². The summed E-state index contributed by atoms with van der Waals surface area (Å²) in [5.74, 6) is 0.759. The van der Waals surface area contributed by atoms with E-state index in [0.717, 1.165) is 41.6 Å². The molecule has 0 spiro atoms. The number of benzene rings is 1. The number of aryl methyl sites for hydroxylation is 1. The number of hydrogen-bond acceptors (Lipinski definition) is 4. The number of pyridine rings is 1. The molecule has 1 N–H and O–H groups in total. The zero-order chi connectivity index (χ0) is 18.4. The first-order chi connectivity index (χ1) is 12.1. The molecule has 1 heterocycles. The van der Waals surface area contributed by atoms with Gasteiger partial charge < -0.3 is 10.1 Å². The van der Waals surface area contributed by atoms with E-state index in [1.807, 2.05) is 31.2 Å². The quantitative estimate of drug-likeness (QED) is 0.861. The fourth-order valence-electron chi connectivity index (χ4n) is 3.01. The molecule has 1 amide bonds. The van der Waals surface area contributed by atoms with Crippen LogP contribution in [0, 0.1) is 11.3 Å². The van der Waals surface area contributed by atoms with Gasteiger partial charge in [-0.2, -0.15) is 5.26 Å². The number of rotatable bonds is 6. The molecule has 5 nitrogen and oxygen atoms in total. The average molecular weight is 337 g/mol. The predicted molar refractivity (Wildman–Crippen MR) is 98.6 cm³/mol. The first-order valence-electron chi connectivity index (χ1n) is 8.44. The van der Waals surface area contributed by atoms with Crippen molar-refractivity contribution in [2.75, 3.05) is 12.4 Å². The van der Waals surface area contributed by atoms with Crippen LogP contribution >= 0.6 is 0 Å². The number of nitriles is 1. The lowest BCUT2D eigenvalue weighted by molar-refractivity contribution is -0.114. The number of carbonyl (C=O) groups excluding carboxylic acids is 1. The van der Waals surface area contributed by atoms with Crippen LogP contribution in [-0.4, -0.2) is 18.0 Å². The van der Waals surface area contributed by atoms with E-state index >= 15 is 0 Å². The summed E-state index contributed by atoms with van der Waals surface area (Å²) in [7, 11) is 1.61. The maximum atomic E-state index is 11.6. The second kappa shape index (κ2) is 8.29. The van der Waals surface area contributed by atoms with Crippen molar-refractivity contribution in [3.63, 3.8) is 0 Å². The third kappa shape index (κ3) is 3.80. The second-order valence-corrected chi connectivity index (χ2v) is 5.73. The third-order valence-corrected chi connectivity index (χ3v) is 4.01. The van der Waals surface area contributed by atoms with Gasteiger partial charge in [-0.1, -0.05) is 38.5 Å². The van der Waals surface area contributed by atoms with Crippen molar-refractivity contribution < 1.29 is 9.53 Å². The van der Waals surface area contributed by atoms with Crippen LogP contribution in [0.5, 0.6) is 5.75 Å². The number of nitrogens with one attached hydrogen (secondary N) is 1. The number of methoxy groups -OCH3 is 1. The smallest absolute Gasteiger partial charge is 0.222 e. The van der Waals surface area contributed by atoms with Crippen molar-refractivity contribution >= 4 is 11.7 Å². The molecule has 0 atom stereocenters. The Hall–Kier alpha value is -2.87. The highest BCUT2D eigenvalue weighted by molar-refractivity contribution is 5.92. The van der Waals surface area contributed by atoms with Gasteiger partial charge in [0.2, 0.25) is 5.91 Å². The fourth-order valence-corrected chi connectivity index (χ4v) is 3.01. The Morgan fingerprint density at radius 1 is 1.32 bits per heavy atom. The second-order valence-electron chi connectivity index (χ2n) is 5.73. The summed E-state index contributed by atoms with van der Waals surface area (Å²) in [5.41, 5.74) is 3.94. The van der Waals surface area contributed by atoms with Crippen molar-refractivity contribution in [3.05, 3.63) is 41.1 Å². The normalized spacial score (nSPS) is 10.2. The third-order valence-electron chi connectivity index (χ3n) is 4.01. The van der Waals surface area contributed by atoms with Gasteiger partial charge in [0, 0.05) is 23.7 Å². The highest BCUT2D eigenvalue weighted by atomic mass is 16.5. The van der Waals surface area contributed by atoms with Gasteiger partial charge in [-0.25, -0.2) is 4.98 Å². The number of nitrogens with zero attached hydrogens (tertiary/aromatic N) is 2. The van der Waals surface area contributed by atoms with Crippen LogP contribution < -0.4 is 10.1 Å². The lowest BCUT2D eigenvalue weighted by atomic mass is 9.91. The van der Waals surface area contributed by atoms with Crippen molar-refractivity contribution in [1.82, 2.24) is 4.98 Å². The summed E-state index contributed by atoms with van der Waals surface area (Å²) >= 11 is 0. The molecule has 0 unspecified atom stereocenters. The van der Waals surface area contributed by atoms with Crippen LogP contribution in [0.15, 0.2) is 24.3 Å². The van der Waals surface area contributed by atoms with Crippen LogP contribution in [0.2, 0.25) is 0 Å². The van der Waals surface area contributed by atoms with Crippen LogP contribution in [0.4, 0.5) is 5.82 Å². The average Bonchev–Trinajstić information content (AvgIpc) is 2.61. The molecule has 0 bridgehead atoms. The number of para-hydroxylation sites is 1. The Labute approximate surface area is 148 Å². The minimum Gasteiger partial charge on any atom is -0.496 e. The van der Waals surface area contributed by atoms with Crippen LogP contribution in [-0.2, 0) is 17.6 Å². The van der Waals surface area contributed by atoms with Gasteiger partial charge in [0.15, 0.2) is 5.82 Å². The molecule has 0 saturated heterocycles. The fraction of sp³-hybridized carbons (Fsp3) is 0.350. The topological polar surface area (TPSA) is 75.0 Å². The molecule has 130 valence electrons. The van der Waals surface area contributed by atoms with Gasteiger partial charge in [-0.05, 0) is 24.5 Å². The Bertz CT molecular complexity index is 822. The van der Waals surface area contributed by atoms with E-state index in [2.05, 4.69) is 23.3 Å². The zero-order valence-electron chi connectivity index (χ0n) is 15.1. The molecule has 1 aromatic heterocycles. The van der Waals surface area contributed by atoms with Gasteiger partial charge in [0.25, 0.3) is 0 Å². The van der Waals surface area contributed by atoms with Crippen LogP contribution in [0.3, 0.4) is 0 Å². The Balaban J connectivity index is 2.89. The Kier molecular flexibility index (Phi) is 6.13. The van der Waals surface area contributed by atoms with E-state index in [0.29, 0.717) is 17.1 Å². The minimum atomic E-state index is -0.248. The molecule has 2 rings (SSSR count). The lowest BCUT2D eigenvalue weighted by Gasteiger charge is -2.19. The van der Waals surface area contributed by atoms with Gasteiger partial charge >= 0.3 is 0 Å². The van der Waals surface area contributed by atoms with Crippen LogP contribution in [0.25, 0.3) is 11.1 Å². The number of aromatic nitrogens is 1. The number of hydrogen-bond donors (Lipinski definition) is 1. The number of amides is 1. The van der Waals surface area contributed by atoms with Crippen LogP contribution in [0.1, 0.15) is 44.0 Å². The SMILES string of the molecule is CCCc1nc(NC(C)=O)c(C#N)c(-c2ccccc2OC)c1CC. The molecule has 2 aromatic rings. The standard InChI is InChI=1S/C20H23N3O2/c1-5-9-17-14(6-2)19(15-10-7-8-11-18(15)25-4)16(12-21)20(23-17)22-13(3)24/h7-8,10-11H,5-6,9H2,1-4H3,(H,22,23,24). The summed E-state index contributed by atoms with van der Waals surface area (Å²) in [4.78, 5) is 16.2. The molecular formula is C20H23N3O2. The molecular weight excluding hydrogens is 314 g/mol. The number of carbonyl (C=O) groups is 1. The highest BCUT2D eigenvalue weighted by Gasteiger charge is 2.22. The first-order valence-corrected chi connectivity index (χ1v) is 8.44. The molecule has 0 aliphatic carbocycles. The minimum absolute atomic E-state index is 0.248. The van der Waals surface area contributed by atoms with E-state index in [1.165, 1.54) is 6.92 Å². The highest BCUT2D eigenvalue weighted by Crippen LogP contribution is 2.38. The number of ether oxygens (including phenoxy) is 1. The van der Waals surface area contributed by atoms with Gasteiger partial charge in [-0.15, -0.1) is 0 Å². The largest absolute Gasteiger partial charge is 0.496 e. The molecule has 0 fully saturated rings. The van der Waals surface area contributed by atoms with Gasteiger partial charge in [0.1, 0.15) is 17.4 Å². The number of anilines is 1. The molecule has 1 aromatic carbocycles. The van der Waals surface area contributed by atoms with Crippen molar-refractivity contribution in [2.45, 2.75) is 40.0 Å². The van der Waals surface area contributed by atoms with Crippen molar-refractivity contribution in [1.29, 1.82) is 5.26 Å². The van der Waals surface area contributed by atoms with E-state index in [4.69, 9.17) is 4.74 Å². The summed E-state index contributed by atoms with van der Waals surface area (Å²) in [6.07, 6.45) is 2.45. The zero-order valence-corrected chi connectivity index (χ0v) is 15.1. The molecule has 5 heteroatoms. The Morgan fingerprint density at radius 3 is 2.60 bits per heavy atom. The van der Waals surface area contributed by atoms with E-state index in [-0.39, 0.29) is 5.91 Å². The van der Waals surface area contributed by atoms with E-state index in [1.54, 1.807) is 7.11 Å². The van der Waals surface area contributed by atoms with Crippen molar-refractivity contribution in [2.24, 2.45) is 0 Å². The summed E-state index contributed by atoms with van der Waals surface area (Å²) in [5, 5.41) is 12.5. The molecule has 0 saturated carbocycles. The van der Waals surface area contributed by atoms with Gasteiger partial charge in [-0.3, -0.25) is 4.79 Å². The predicted octanol–water partition coefficient (Wildman–Crippen LogP) is 4.10. The monoisotopic (exact) mass is 337 g/mol. The molecule has 0 aliphatic heterocycles. The first kappa shape index (κ1) is 18.5. The Morgan fingerprint density at radius 2 is 2.04 bits per heavy atom. The van der Waals surface area contributed by atoms with Gasteiger partial charge in [0.05, 0.1) is 7.11 Å². The molecule has 25 heavy (non-hydrogen) atoms. The lowest BCUT2D eigenvalue weighted by Crippen LogP contribution is -2.13. The summed E-state index contributed by atoms with van der Waals surface area (Å²) in [6, 6.07) is 9.84. The summed E-state index contributed by atoms with van der Waals surface area (Å²) < 4.78 is 5.50. The van der Waals surface area contributed by atoms with Crippen molar-refractivity contribution in [3.8, 4) is 22.9 Å². The maximum Gasteiger partial charge on any atom is 0.222 e. The maximum absolute atomic E-state index is 11.6.